The zero-order chi connectivity index (χ0) is 32.7. The number of thioether (sulfide) groups is 1. The van der Waals surface area contributed by atoms with Gasteiger partial charge in [-0.05, 0) is 54.9 Å². The average Bonchev–Trinajstić information content (AvgIpc) is 3.78. The molecule has 12 nitrogen and oxygen atoms in total. The van der Waals surface area contributed by atoms with Crippen molar-refractivity contribution >= 4 is 52.0 Å². The topological polar surface area (TPSA) is 166 Å². The lowest BCUT2D eigenvalue weighted by Crippen LogP contribution is -2.42. The Labute approximate surface area is 275 Å². The number of aromatic nitrogens is 1. The fourth-order valence-corrected chi connectivity index (χ4v) is 11.2. The number of nitro benzene ring substituents is 2. The monoisotopic (exact) mass is 670 g/mol. The standard InChI is InChI=1S/C33H26N4O8S2/c1-15-3-2-4-16(11-15)14-45-23-10-9-19(37(43)44)12-20(23)24-25-21-13-22(28(25)46-30-29(24)47-33(40)34-30)27-26(21)31(38)35(32(27)39)17-5-7-18(8-6-17)36(41)42/h2-12,21-22,24-28H,13-14H2,1H3,(H,34,40)/t21-,22-,24+,25+,26+,27+,28-/m1/s1. The van der Waals surface area contributed by atoms with Gasteiger partial charge in [-0.1, -0.05) is 41.2 Å². The zero-order valence-electron chi connectivity index (χ0n) is 24.7. The van der Waals surface area contributed by atoms with Crippen LogP contribution in [0, 0.1) is 56.7 Å². The summed E-state index contributed by atoms with van der Waals surface area (Å²) in [5.74, 6) is -2.48. The third-order valence-electron chi connectivity index (χ3n) is 10.1. The van der Waals surface area contributed by atoms with Crippen molar-refractivity contribution in [1.82, 2.24) is 4.98 Å². The molecule has 3 aromatic carbocycles. The van der Waals surface area contributed by atoms with Crippen LogP contribution in [0.5, 0.6) is 5.75 Å². The van der Waals surface area contributed by atoms with Gasteiger partial charge in [0.15, 0.2) is 0 Å². The number of nitro groups is 2. The lowest BCUT2D eigenvalue weighted by molar-refractivity contribution is -0.385. The summed E-state index contributed by atoms with van der Waals surface area (Å²) in [4.78, 5) is 67.6. The van der Waals surface area contributed by atoms with Crippen LogP contribution in [-0.4, -0.2) is 31.9 Å². The number of rotatable bonds is 7. The second-order valence-corrected chi connectivity index (χ2v) is 14.7. The van der Waals surface area contributed by atoms with Gasteiger partial charge in [-0.25, -0.2) is 0 Å². The van der Waals surface area contributed by atoms with E-state index in [2.05, 4.69) is 4.98 Å². The number of thiazole rings is 1. The normalized spacial score (nSPS) is 27.0. The first-order valence-electron chi connectivity index (χ1n) is 15.1. The third-order valence-corrected chi connectivity index (χ3v) is 12.6. The molecule has 0 unspecified atom stereocenters. The Hall–Kier alpha value is -4.82. The van der Waals surface area contributed by atoms with E-state index in [-0.39, 0.29) is 57.7 Å². The van der Waals surface area contributed by atoms with E-state index in [1.165, 1.54) is 48.2 Å². The van der Waals surface area contributed by atoms with Crippen molar-refractivity contribution < 1.29 is 24.2 Å². The van der Waals surface area contributed by atoms with Crippen molar-refractivity contribution in [3.05, 3.63) is 118 Å². The van der Waals surface area contributed by atoms with Crippen molar-refractivity contribution in [2.45, 2.75) is 36.1 Å². The number of nitrogens with zero attached hydrogens (tertiary/aromatic N) is 3. The Morgan fingerprint density at radius 3 is 2.32 bits per heavy atom. The van der Waals surface area contributed by atoms with Crippen LogP contribution < -0.4 is 14.5 Å². The van der Waals surface area contributed by atoms with Crippen molar-refractivity contribution in [2.24, 2.45) is 29.6 Å². The van der Waals surface area contributed by atoms with E-state index in [4.69, 9.17) is 4.74 Å². The number of carbonyl (C=O) groups excluding carboxylic acids is 2. The first-order valence-corrected chi connectivity index (χ1v) is 16.8. The van der Waals surface area contributed by atoms with Gasteiger partial charge >= 0.3 is 4.87 Å². The molecule has 7 atom stereocenters. The number of hydrogen-bond donors (Lipinski definition) is 1. The van der Waals surface area contributed by atoms with E-state index in [9.17, 15) is 34.6 Å². The molecule has 47 heavy (non-hydrogen) atoms. The molecule has 1 saturated heterocycles. The molecule has 4 aliphatic rings. The lowest BCUT2D eigenvalue weighted by atomic mass is 9.68. The summed E-state index contributed by atoms with van der Waals surface area (Å²) in [5.41, 5.74) is 2.62. The molecule has 0 radical (unpaired) electrons. The molecule has 238 valence electrons. The summed E-state index contributed by atoms with van der Waals surface area (Å²) < 4.78 is 6.35. The van der Waals surface area contributed by atoms with Crippen LogP contribution in [0.15, 0.2) is 76.6 Å². The molecule has 1 aromatic heterocycles. The van der Waals surface area contributed by atoms with Crippen LogP contribution in [0.25, 0.3) is 0 Å². The Morgan fingerprint density at radius 1 is 0.915 bits per heavy atom. The quantitative estimate of drug-likeness (QED) is 0.145. The first-order chi connectivity index (χ1) is 22.6. The van der Waals surface area contributed by atoms with E-state index in [1.54, 1.807) is 6.07 Å². The number of aromatic amines is 1. The maximum atomic E-state index is 14.1. The summed E-state index contributed by atoms with van der Waals surface area (Å²) in [6.45, 7) is 2.21. The van der Waals surface area contributed by atoms with Gasteiger partial charge in [-0.2, -0.15) is 0 Å². The highest BCUT2D eigenvalue weighted by Gasteiger charge is 2.70. The number of nitrogens with one attached hydrogen (secondary N) is 1. The van der Waals surface area contributed by atoms with Gasteiger partial charge in [0.2, 0.25) is 11.8 Å². The van der Waals surface area contributed by atoms with Gasteiger partial charge in [0, 0.05) is 45.9 Å². The highest BCUT2D eigenvalue weighted by molar-refractivity contribution is 8.00. The van der Waals surface area contributed by atoms with Gasteiger partial charge in [0.05, 0.1) is 32.4 Å². The van der Waals surface area contributed by atoms with Crippen molar-refractivity contribution in [1.29, 1.82) is 0 Å². The van der Waals surface area contributed by atoms with Gasteiger partial charge in [-0.3, -0.25) is 39.5 Å². The third kappa shape index (κ3) is 4.60. The minimum Gasteiger partial charge on any atom is -0.489 e. The summed E-state index contributed by atoms with van der Waals surface area (Å²) in [7, 11) is 0. The second-order valence-electron chi connectivity index (χ2n) is 12.5. The van der Waals surface area contributed by atoms with Crippen LogP contribution in [0.3, 0.4) is 0 Å². The number of carbonyl (C=O) groups is 2. The number of fused-ring (bicyclic) bond motifs is 9. The number of ether oxygens (including phenoxy) is 1. The molecule has 0 spiro atoms. The largest absolute Gasteiger partial charge is 0.489 e. The summed E-state index contributed by atoms with van der Waals surface area (Å²) in [6, 6.07) is 17.8. The molecule has 2 amide bonds. The predicted molar refractivity (Wildman–Crippen MR) is 173 cm³/mol. The number of non-ortho nitro benzene ring substituents is 2. The van der Waals surface area contributed by atoms with Gasteiger partial charge in [0.25, 0.3) is 11.4 Å². The number of anilines is 1. The number of amides is 2. The molecule has 3 heterocycles. The number of hydrogen-bond acceptors (Lipinski definition) is 10. The Balaban J connectivity index is 1.20. The predicted octanol–water partition coefficient (Wildman–Crippen LogP) is 5.82. The maximum Gasteiger partial charge on any atom is 0.305 e. The molecule has 2 saturated carbocycles. The first kappa shape index (κ1) is 29.6. The van der Waals surface area contributed by atoms with E-state index in [0.29, 0.717) is 28.4 Å². The van der Waals surface area contributed by atoms with Crippen LogP contribution in [0.2, 0.25) is 0 Å². The molecule has 8 rings (SSSR count). The summed E-state index contributed by atoms with van der Waals surface area (Å²) in [5, 5.41) is 23.7. The van der Waals surface area contributed by atoms with E-state index in [0.717, 1.165) is 32.2 Å². The second kappa shape index (κ2) is 10.9. The average molecular weight is 671 g/mol. The lowest BCUT2D eigenvalue weighted by Gasteiger charge is -2.43. The highest BCUT2D eigenvalue weighted by atomic mass is 32.2. The molecule has 3 fully saturated rings. The van der Waals surface area contributed by atoms with Crippen molar-refractivity contribution in [3.8, 4) is 5.75 Å². The van der Waals surface area contributed by atoms with Crippen LogP contribution in [-0.2, 0) is 16.2 Å². The van der Waals surface area contributed by atoms with Crippen LogP contribution >= 0.6 is 23.1 Å². The molecular weight excluding hydrogens is 645 g/mol. The van der Waals surface area contributed by atoms with E-state index < -0.39 is 27.6 Å². The minimum absolute atomic E-state index is 0.111. The number of H-pyrrole nitrogens is 1. The summed E-state index contributed by atoms with van der Waals surface area (Å²) in [6.07, 6.45) is 0.632. The highest BCUT2D eigenvalue weighted by Crippen LogP contribution is 2.69. The van der Waals surface area contributed by atoms with Gasteiger partial charge in [-0.15, -0.1) is 11.8 Å². The van der Waals surface area contributed by atoms with Crippen molar-refractivity contribution in [3.63, 3.8) is 0 Å². The van der Waals surface area contributed by atoms with E-state index >= 15 is 0 Å². The number of aryl methyl sites for hydroxylation is 1. The molecule has 2 aliphatic heterocycles. The molecule has 14 heteroatoms. The molecular formula is C33H26N4O8S2. The molecule has 1 N–H and O–H groups in total. The van der Waals surface area contributed by atoms with Gasteiger partial charge < -0.3 is 9.72 Å². The van der Waals surface area contributed by atoms with Gasteiger partial charge in [0.1, 0.15) is 12.4 Å². The maximum absolute atomic E-state index is 14.1. The van der Waals surface area contributed by atoms with Crippen LogP contribution in [0.1, 0.15) is 33.9 Å². The fraction of sp³-hybridized carbons (Fsp3) is 0.303. The zero-order valence-corrected chi connectivity index (χ0v) is 26.4. The SMILES string of the molecule is Cc1cccc(COc2ccc([N+](=O)[O-])cc2[C@@H]2c3sc(=O)[nH]c3S[C@@H]3[C@@H]4C[C@@H]([C@@H]5C(=O)N(c6ccc([N+](=O)[O-])cc6)C(=O)[C@@H]45)[C@@H]23)c1. The van der Waals surface area contributed by atoms with E-state index in [1.807, 2.05) is 31.2 Å². The Bertz CT molecular complexity index is 2060. The molecule has 2 bridgehead atoms. The number of imide groups is 1. The minimum atomic E-state index is -0.611. The summed E-state index contributed by atoms with van der Waals surface area (Å²) >= 11 is 2.58. The fourth-order valence-electron chi connectivity index (χ4n) is 8.33. The smallest absolute Gasteiger partial charge is 0.305 e. The Kier molecular flexibility index (Phi) is 6.84. The Morgan fingerprint density at radius 2 is 1.62 bits per heavy atom. The molecule has 4 aromatic rings. The van der Waals surface area contributed by atoms with Crippen LogP contribution in [0.4, 0.5) is 17.1 Å². The van der Waals surface area contributed by atoms with Crippen molar-refractivity contribution in [2.75, 3.05) is 4.90 Å². The molecule has 2 aliphatic carbocycles. The number of benzene rings is 3.